The molecule has 1 atom stereocenters. The van der Waals surface area contributed by atoms with E-state index >= 15 is 0 Å². The Morgan fingerprint density at radius 3 is 2.60 bits per heavy atom. The molecular formula is C12H13ClF2N2O3. The minimum atomic E-state index is -2.93. The smallest absolute Gasteiger partial charge is 0.265 e. The van der Waals surface area contributed by atoms with Crippen LogP contribution in [-0.2, 0) is 4.79 Å². The number of halogens is 3. The van der Waals surface area contributed by atoms with Crippen molar-refractivity contribution in [3.8, 4) is 0 Å². The Bertz CT molecular complexity index is 486. The van der Waals surface area contributed by atoms with Gasteiger partial charge in [-0.1, -0.05) is 17.7 Å². The molecular weight excluding hydrogens is 294 g/mol. The van der Waals surface area contributed by atoms with Gasteiger partial charge in [-0.15, -0.1) is 0 Å². The molecule has 8 heteroatoms. The molecule has 1 rings (SSSR count). The average molecular weight is 307 g/mol. The fourth-order valence-electron chi connectivity index (χ4n) is 1.26. The van der Waals surface area contributed by atoms with Gasteiger partial charge in [0.15, 0.2) is 0 Å². The Morgan fingerprint density at radius 1 is 1.30 bits per heavy atom. The van der Waals surface area contributed by atoms with Crippen LogP contribution in [0.2, 0.25) is 5.02 Å². The first-order valence-electron chi connectivity index (χ1n) is 5.67. The number of aliphatic hydroxyl groups excluding tert-OH is 1. The van der Waals surface area contributed by atoms with Crippen LogP contribution in [0.1, 0.15) is 10.4 Å². The predicted octanol–water partition coefficient (Wildman–Crippen LogP) is 0.812. The maximum atomic E-state index is 12.0. The zero-order chi connectivity index (χ0) is 15.1. The first-order chi connectivity index (χ1) is 9.40. The number of carbonyl (C=O) groups excluding carboxylic acids is 2. The number of carbonyl (C=O) groups is 2. The van der Waals surface area contributed by atoms with Crippen molar-refractivity contribution in [1.82, 2.24) is 10.6 Å². The van der Waals surface area contributed by atoms with Gasteiger partial charge in [0.05, 0.1) is 6.54 Å². The highest BCUT2D eigenvalue weighted by molar-refractivity contribution is 6.30. The lowest BCUT2D eigenvalue weighted by Gasteiger charge is -2.11. The maximum Gasteiger partial charge on any atom is 0.265 e. The molecule has 0 bridgehead atoms. The average Bonchev–Trinajstić information content (AvgIpc) is 2.41. The van der Waals surface area contributed by atoms with Crippen molar-refractivity contribution in [2.24, 2.45) is 0 Å². The van der Waals surface area contributed by atoms with E-state index < -0.39 is 30.9 Å². The summed E-state index contributed by atoms with van der Waals surface area (Å²) in [4.78, 5) is 22.9. The molecule has 0 saturated carbocycles. The Morgan fingerprint density at radius 2 is 2.00 bits per heavy atom. The van der Waals surface area contributed by atoms with Gasteiger partial charge in [0.25, 0.3) is 12.3 Å². The third-order valence-corrected chi connectivity index (χ3v) is 2.53. The molecule has 0 saturated heterocycles. The van der Waals surface area contributed by atoms with Crippen molar-refractivity contribution < 1.29 is 23.5 Å². The van der Waals surface area contributed by atoms with Crippen LogP contribution in [0.15, 0.2) is 24.3 Å². The van der Waals surface area contributed by atoms with Crippen LogP contribution in [-0.4, -0.2) is 42.5 Å². The van der Waals surface area contributed by atoms with E-state index in [2.05, 4.69) is 10.6 Å². The van der Waals surface area contributed by atoms with Crippen molar-refractivity contribution in [2.45, 2.75) is 12.5 Å². The van der Waals surface area contributed by atoms with Gasteiger partial charge in [0.2, 0.25) is 5.91 Å². The van der Waals surface area contributed by atoms with Gasteiger partial charge in [-0.2, -0.15) is 0 Å². The molecule has 20 heavy (non-hydrogen) atoms. The fraction of sp³-hybridized carbons (Fsp3) is 0.333. The molecule has 110 valence electrons. The Kier molecular flexibility index (Phi) is 6.33. The normalized spacial score (nSPS) is 12.1. The number of nitrogens with one attached hydrogen (secondary N) is 2. The van der Waals surface area contributed by atoms with Crippen LogP contribution in [0.25, 0.3) is 0 Å². The summed E-state index contributed by atoms with van der Waals surface area (Å²) in [5.74, 6) is -1.20. The molecule has 0 fully saturated rings. The van der Waals surface area contributed by atoms with Crippen LogP contribution in [0.4, 0.5) is 8.78 Å². The fourth-order valence-corrected chi connectivity index (χ4v) is 1.45. The number of hydrogen-bond donors (Lipinski definition) is 3. The molecule has 2 amide bonds. The highest BCUT2D eigenvalue weighted by atomic mass is 35.5. The second kappa shape index (κ2) is 7.76. The van der Waals surface area contributed by atoms with E-state index in [1.165, 1.54) is 12.1 Å². The summed E-state index contributed by atoms with van der Waals surface area (Å²) in [5, 5.41) is 13.5. The topological polar surface area (TPSA) is 78.4 Å². The summed E-state index contributed by atoms with van der Waals surface area (Å²) >= 11 is 5.71. The largest absolute Gasteiger partial charge is 0.385 e. The standard InChI is InChI=1S/C12H13ClF2N2O3/c13-8-3-1-2-7(4-8)12(20)17-6-10(19)16-5-9(18)11(14)15/h1-4,9,11,18H,5-6H2,(H,16,19)(H,17,20). The molecule has 0 spiro atoms. The zero-order valence-electron chi connectivity index (χ0n) is 10.3. The molecule has 1 aromatic rings. The summed E-state index contributed by atoms with van der Waals surface area (Å²) in [6.07, 6.45) is -4.86. The summed E-state index contributed by atoms with van der Waals surface area (Å²) in [5.41, 5.74) is 0.276. The van der Waals surface area contributed by atoms with Gasteiger partial charge in [-0.3, -0.25) is 9.59 Å². The molecule has 0 heterocycles. The molecule has 0 aliphatic heterocycles. The monoisotopic (exact) mass is 306 g/mol. The van der Waals surface area contributed by atoms with E-state index in [4.69, 9.17) is 16.7 Å². The predicted molar refractivity (Wildman–Crippen MR) is 68.8 cm³/mol. The minimum absolute atomic E-state index is 0.276. The summed E-state index contributed by atoms with van der Waals surface area (Å²) < 4.78 is 23.9. The van der Waals surface area contributed by atoms with Crippen LogP contribution in [0, 0.1) is 0 Å². The van der Waals surface area contributed by atoms with Crippen molar-refractivity contribution >= 4 is 23.4 Å². The third kappa shape index (κ3) is 5.50. The number of amides is 2. The van der Waals surface area contributed by atoms with Crippen molar-refractivity contribution in [3.05, 3.63) is 34.9 Å². The SMILES string of the molecule is O=C(CNC(=O)c1cccc(Cl)c1)NCC(O)C(F)F. The highest BCUT2D eigenvalue weighted by Gasteiger charge is 2.17. The quantitative estimate of drug-likeness (QED) is 0.728. The lowest BCUT2D eigenvalue weighted by atomic mass is 10.2. The van der Waals surface area contributed by atoms with Crippen LogP contribution in [0.3, 0.4) is 0 Å². The molecule has 1 unspecified atom stereocenters. The van der Waals surface area contributed by atoms with Crippen molar-refractivity contribution in [1.29, 1.82) is 0 Å². The number of aliphatic hydroxyl groups is 1. The lowest BCUT2D eigenvalue weighted by molar-refractivity contribution is -0.121. The Balaban J connectivity index is 2.36. The van der Waals surface area contributed by atoms with E-state index in [0.29, 0.717) is 5.02 Å². The van der Waals surface area contributed by atoms with Crippen LogP contribution >= 0.6 is 11.6 Å². The van der Waals surface area contributed by atoms with E-state index in [9.17, 15) is 18.4 Å². The second-order valence-corrected chi connectivity index (χ2v) is 4.34. The van der Waals surface area contributed by atoms with Crippen molar-refractivity contribution in [2.75, 3.05) is 13.1 Å². The summed E-state index contributed by atoms with van der Waals surface area (Å²) in [6, 6.07) is 6.11. The number of rotatable bonds is 6. The molecule has 0 aliphatic carbocycles. The second-order valence-electron chi connectivity index (χ2n) is 3.90. The zero-order valence-corrected chi connectivity index (χ0v) is 11.0. The van der Waals surface area contributed by atoms with Crippen molar-refractivity contribution in [3.63, 3.8) is 0 Å². The van der Waals surface area contributed by atoms with E-state index in [-0.39, 0.29) is 12.1 Å². The van der Waals surface area contributed by atoms with E-state index in [1.807, 2.05) is 0 Å². The molecule has 0 aromatic heterocycles. The van der Waals surface area contributed by atoms with Gasteiger partial charge < -0.3 is 15.7 Å². The Labute approximate surface area is 118 Å². The number of benzene rings is 1. The van der Waals surface area contributed by atoms with Gasteiger partial charge >= 0.3 is 0 Å². The summed E-state index contributed by atoms with van der Waals surface area (Å²) in [6.45, 7) is -0.967. The maximum absolute atomic E-state index is 12.0. The molecule has 1 aromatic carbocycles. The minimum Gasteiger partial charge on any atom is -0.385 e. The van der Waals surface area contributed by atoms with Gasteiger partial charge in [0.1, 0.15) is 6.10 Å². The first-order valence-corrected chi connectivity index (χ1v) is 6.04. The Hall–Kier alpha value is -1.73. The first kappa shape index (κ1) is 16.3. The number of hydrogen-bond acceptors (Lipinski definition) is 3. The molecule has 3 N–H and O–H groups in total. The van der Waals surface area contributed by atoms with Gasteiger partial charge in [-0.05, 0) is 18.2 Å². The summed E-state index contributed by atoms with van der Waals surface area (Å²) in [7, 11) is 0. The highest BCUT2D eigenvalue weighted by Crippen LogP contribution is 2.10. The van der Waals surface area contributed by atoms with E-state index in [0.717, 1.165) is 0 Å². The van der Waals surface area contributed by atoms with Gasteiger partial charge in [-0.25, -0.2) is 8.78 Å². The van der Waals surface area contributed by atoms with E-state index in [1.54, 1.807) is 12.1 Å². The number of alkyl halides is 2. The molecule has 0 radical (unpaired) electrons. The lowest BCUT2D eigenvalue weighted by Crippen LogP contribution is -2.41. The third-order valence-electron chi connectivity index (χ3n) is 2.30. The van der Waals surface area contributed by atoms with Crippen LogP contribution in [0.5, 0.6) is 0 Å². The van der Waals surface area contributed by atoms with Gasteiger partial charge in [0, 0.05) is 17.1 Å². The van der Waals surface area contributed by atoms with Crippen LogP contribution < -0.4 is 10.6 Å². The molecule has 0 aliphatic rings. The molecule has 5 nitrogen and oxygen atoms in total.